The van der Waals surface area contributed by atoms with Crippen molar-refractivity contribution in [2.45, 2.75) is 4.90 Å². The smallest absolute Gasteiger partial charge is 0.217 e. The molecule has 2 aromatic rings. The lowest BCUT2D eigenvalue weighted by Crippen LogP contribution is -2.04. The van der Waals surface area contributed by atoms with Crippen LogP contribution in [0.25, 0.3) is 6.08 Å². The summed E-state index contributed by atoms with van der Waals surface area (Å²) in [7, 11) is -4.01. The van der Waals surface area contributed by atoms with E-state index in [-0.39, 0.29) is 14.9 Å². The Morgan fingerprint density at radius 3 is 2.52 bits per heavy atom. The summed E-state index contributed by atoms with van der Waals surface area (Å²) in [4.78, 5) is -0.446. The van der Waals surface area contributed by atoms with Gasteiger partial charge in [0, 0.05) is 8.95 Å². The van der Waals surface area contributed by atoms with E-state index in [1.807, 2.05) is 0 Å². The molecule has 0 aliphatic heterocycles. The van der Waals surface area contributed by atoms with Gasteiger partial charge in [-0.05, 0) is 51.8 Å². The molecule has 23 heavy (non-hydrogen) atoms. The van der Waals surface area contributed by atoms with Gasteiger partial charge in [0.15, 0.2) is 0 Å². The van der Waals surface area contributed by atoms with Crippen LogP contribution in [0.4, 0.5) is 0 Å². The van der Waals surface area contributed by atoms with Gasteiger partial charge in [0.2, 0.25) is 9.84 Å². The highest BCUT2D eigenvalue weighted by molar-refractivity contribution is 9.11. The number of rotatable bonds is 3. The maximum absolute atomic E-state index is 12.7. The third-order valence-corrected chi connectivity index (χ3v) is 6.84. The van der Waals surface area contributed by atoms with Gasteiger partial charge >= 0.3 is 0 Å². The fourth-order valence-corrected chi connectivity index (χ4v) is 4.75. The Bertz CT molecular complexity index is 950. The molecule has 0 bridgehead atoms. The Labute approximate surface area is 160 Å². The Kier molecular flexibility index (Phi) is 5.93. The predicted molar refractivity (Wildman–Crippen MR) is 99.1 cm³/mol. The number of hydrogen-bond acceptors (Lipinski definition) is 3. The van der Waals surface area contributed by atoms with Crippen LogP contribution in [0.3, 0.4) is 0 Å². The predicted octanol–water partition coefficient (Wildman–Crippen LogP) is 5.86. The molecule has 3 nitrogen and oxygen atoms in total. The van der Waals surface area contributed by atoms with E-state index in [1.165, 1.54) is 12.1 Å². The quantitative estimate of drug-likeness (QED) is 0.501. The van der Waals surface area contributed by atoms with E-state index in [4.69, 9.17) is 23.2 Å². The lowest BCUT2D eigenvalue weighted by molar-refractivity contribution is 0.603. The number of nitrogens with zero attached hydrogens (tertiary/aromatic N) is 1. The topological polar surface area (TPSA) is 57.9 Å². The summed E-state index contributed by atoms with van der Waals surface area (Å²) in [5.41, 5.74) is 0.352. The van der Waals surface area contributed by atoms with Gasteiger partial charge in [0.1, 0.15) is 11.0 Å². The molecule has 0 fully saturated rings. The molecule has 0 N–H and O–H groups in total. The highest BCUT2D eigenvalue weighted by atomic mass is 79.9. The van der Waals surface area contributed by atoms with Gasteiger partial charge in [-0.1, -0.05) is 51.3 Å². The van der Waals surface area contributed by atoms with Crippen LogP contribution in [0.2, 0.25) is 10.0 Å². The van der Waals surface area contributed by atoms with Crippen molar-refractivity contribution in [1.29, 1.82) is 5.26 Å². The van der Waals surface area contributed by atoms with Crippen LogP contribution in [0.5, 0.6) is 0 Å². The lowest BCUT2D eigenvalue weighted by atomic mass is 10.2. The summed E-state index contributed by atoms with van der Waals surface area (Å²) in [5, 5.41) is 9.77. The zero-order valence-electron chi connectivity index (χ0n) is 11.2. The average molecular weight is 496 g/mol. The SMILES string of the molecule is N#CC(=Cc1cccc(Cl)c1Cl)S(=O)(=O)c1cc(Br)ccc1Br. The van der Waals surface area contributed by atoms with E-state index in [9.17, 15) is 13.7 Å². The molecule has 0 saturated heterocycles. The molecule has 0 radical (unpaired) electrons. The molecule has 0 aromatic heterocycles. The molecular formula is C15H7Br2Cl2NO2S. The third kappa shape index (κ3) is 3.98. The molecule has 0 atom stereocenters. The number of nitriles is 1. The van der Waals surface area contributed by atoms with Gasteiger partial charge in [0.25, 0.3) is 0 Å². The summed E-state index contributed by atoms with van der Waals surface area (Å²) < 4.78 is 26.4. The van der Waals surface area contributed by atoms with Crippen LogP contribution < -0.4 is 0 Å². The average Bonchev–Trinajstić information content (AvgIpc) is 2.50. The van der Waals surface area contributed by atoms with E-state index in [1.54, 1.807) is 36.4 Å². The first-order chi connectivity index (χ1) is 10.8. The first kappa shape index (κ1) is 18.5. The number of halogens is 4. The standard InChI is InChI=1S/C15H7Br2Cl2NO2S/c16-10-4-5-12(17)14(7-10)23(21,22)11(8-20)6-9-2-1-3-13(18)15(9)19/h1-7H. The van der Waals surface area contributed by atoms with Crippen molar-refractivity contribution < 1.29 is 8.42 Å². The molecular weight excluding hydrogens is 489 g/mol. The van der Waals surface area contributed by atoms with Gasteiger partial charge in [-0.2, -0.15) is 5.26 Å². The molecule has 2 aromatic carbocycles. The largest absolute Gasteiger partial charge is 0.218 e. The van der Waals surface area contributed by atoms with E-state index >= 15 is 0 Å². The highest BCUT2D eigenvalue weighted by Gasteiger charge is 2.24. The lowest BCUT2D eigenvalue weighted by Gasteiger charge is -2.07. The maximum atomic E-state index is 12.7. The molecule has 0 saturated carbocycles. The molecule has 0 unspecified atom stereocenters. The summed E-state index contributed by atoms with van der Waals surface area (Å²) in [6.45, 7) is 0. The minimum atomic E-state index is -4.01. The van der Waals surface area contributed by atoms with Crippen LogP contribution in [-0.2, 0) is 9.84 Å². The van der Waals surface area contributed by atoms with Crippen molar-refractivity contribution in [2.75, 3.05) is 0 Å². The molecule has 0 heterocycles. The molecule has 0 spiro atoms. The van der Waals surface area contributed by atoms with E-state index in [0.29, 0.717) is 14.5 Å². The van der Waals surface area contributed by atoms with Crippen molar-refractivity contribution in [2.24, 2.45) is 0 Å². The van der Waals surface area contributed by atoms with Crippen molar-refractivity contribution in [1.82, 2.24) is 0 Å². The Balaban J connectivity index is 2.65. The second-order valence-corrected chi connectivity index (χ2v) is 8.78. The van der Waals surface area contributed by atoms with Gasteiger partial charge in [0.05, 0.1) is 14.9 Å². The summed E-state index contributed by atoms with van der Waals surface area (Å²) >= 11 is 18.4. The highest BCUT2D eigenvalue weighted by Crippen LogP contribution is 2.32. The molecule has 118 valence electrons. The van der Waals surface area contributed by atoms with Crippen LogP contribution in [0.15, 0.2) is 55.1 Å². The Hall–Kier alpha value is -0.840. The zero-order chi connectivity index (χ0) is 17.2. The van der Waals surface area contributed by atoms with Crippen LogP contribution >= 0.6 is 55.1 Å². The third-order valence-electron chi connectivity index (χ3n) is 2.85. The van der Waals surface area contributed by atoms with Crippen molar-refractivity contribution >= 4 is 71.0 Å². The van der Waals surface area contributed by atoms with Gasteiger partial charge in [-0.3, -0.25) is 0 Å². The van der Waals surface area contributed by atoms with Gasteiger partial charge < -0.3 is 0 Å². The second kappa shape index (κ2) is 7.37. The zero-order valence-corrected chi connectivity index (χ0v) is 16.7. The monoisotopic (exact) mass is 493 g/mol. The molecule has 2 rings (SSSR count). The fraction of sp³-hybridized carbons (Fsp3) is 0. The second-order valence-electron chi connectivity index (χ2n) is 4.34. The van der Waals surface area contributed by atoms with E-state index in [2.05, 4.69) is 31.9 Å². The fourth-order valence-electron chi connectivity index (χ4n) is 1.74. The number of benzene rings is 2. The van der Waals surface area contributed by atoms with Gasteiger partial charge in [-0.15, -0.1) is 0 Å². The molecule has 0 aliphatic rings. The first-order valence-electron chi connectivity index (χ1n) is 6.03. The van der Waals surface area contributed by atoms with Gasteiger partial charge in [-0.25, -0.2) is 8.42 Å². The molecule has 8 heteroatoms. The van der Waals surface area contributed by atoms with E-state index in [0.717, 1.165) is 0 Å². The minimum Gasteiger partial charge on any atom is -0.218 e. The van der Waals surface area contributed by atoms with Crippen LogP contribution in [0, 0.1) is 11.3 Å². The normalized spacial score (nSPS) is 12.0. The minimum absolute atomic E-state index is 0.0159. The molecule has 0 aliphatic carbocycles. The Morgan fingerprint density at radius 1 is 1.17 bits per heavy atom. The number of hydrogen-bond donors (Lipinski definition) is 0. The van der Waals surface area contributed by atoms with Crippen LogP contribution in [0.1, 0.15) is 5.56 Å². The number of allylic oxidation sites excluding steroid dienone is 1. The first-order valence-corrected chi connectivity index (χ1v) is 9.86. The molecule has 0 amide bonds. The van der Waals surface area contributed by atoms with Crippen molar-refractivity contribution in [3.8, 4) is 6.07 Å². The Morgan fingerprint density at radius 2 is 1.87 bits per heavy atom. The summed E-state index contributed by atoms with van der Waals surface area (Å²) in [6.07, 6.45) is 1.21. The number of sulfone groups is 1. The van der Waals surface area contributed by atoms with Crippen molar-refractivity contribution in [3.63, 3.8) is 0 Å². The van der Waals surface area contributed by atoms with E-state index < -0.39 is 14.7 Å². The summed E-state index contributed by atoms with van der Waals surface area (Å²) in [6, 6.07) is 11.2. The van der Waals surface area contributed by atoms with Crippen LogP contribution in [-0.4, -0.2) is 8.42 Å². The maximum Gasteiger partial charge on any atom is 0.217 e. The van der Waals surface area contributed by atoms with Crippen molar-refractivity contribution in [3.05, 3.63) is 65.9 Å². The summed E-state index contributed by atoms with van der Waals surface area (Å²) in [5.74, 6) is 0.